The van der Waals surface area contributed by atoms with Crippen LogP contribution in [0.25, 0.3) is 0 Å². The molecule has 0 spiro atoms. The third-order valence-corrected chi connectivity index (χ3v) is 3.29. The number of benzene rings is 2. The summed E-state index contributed by atoms with van der Waals surface area (Å²) < 4.78 is 4.95. The molecule has 0 fully saturated rings. The van der Waals surface area contributed by atoms with Crippen molar-refractivity contribution in [2.45, 2.75) is 27.7 Å². The van der Waals surface area contributed by atoms with Gasteiger partial charge in [0.25, 0.3) is 5.91 Å². The molecular formula is C18H19NO3. The Morgan fingerprint density at radius 1 is 0.955 bits per heavy atom. The second kappa shape index (κ2) is 6.43. The maximum atomic E-state index is 12.3. The van der Waals surface area contributed by atoms with E-state index in [-0.39, 0.29) is 11.9 Å². The highest BCUT2D eigenvalue weighted by Gasteiger charge is 2.10. The monoisotopic (exact) mass is 297 g/mol. The lowest BCUT2D eigenvalue weighted by Crippen LogP contribution is -2.14. The molecule has 0 heterocycles. The summed E-state index contributed by atoms with van der Waals surface area (Å²) in [6.45, 7) is 7.31. The van der Waals surface area contributed by atoms with E-state index in [2.05, 4.69) is 5.32 Å². The molecule has 1 N–H and O–H groups in total. The summed E-state index contributed by atoms with van der Waals surface area (Å²) in [5, 5.41) is 2.94. The van der Waals surface area contributed by atoms with Crippen LogP contribution in [0.2, 0.25) is 0 Å². The van der Waals surface area contributed by atoms with Gasteiger partial charge in [0.05, 0.1) is 0 Å². The van der Waals surface area contributed by atoms with Crippen LogP contribution in [0.3, 0.4) is 0 Å². The number of rotatable bonds is 3. The second-order valence-corrected chi connectivity index (χ2v) is 5.35. The third kappa shape index (κ3) is 3.73. The molecule has 4 heteroatoms. The molecule has 2 aromatic carbocycles. The van der Waals surface area contributed by atoms with Crippen LogP contribution in [0.15, 0.2) is 36.4 Å². The molecule has 0 radical (unpaired) electrons. The SMILES string of the molecule is CC(=O)Oc1ccc(C(=O)Nc2c(C)cc(C)cc2C)cc1. The molecule has 0 atom stereocenters. The van der Waals surface area contributed by atoms with Crippen LogP contribution in [0.1, 0.15) is 34.0 Å². The molecule has 2 rings (SSSR count). The van der Waals surface area contributed by atoms with E-state index in [1.807, 2.05) is 32.9 Å². The van der Waals surface area contributed by atoms with Crippen LogP contribution >= 0.6 is 0 Å². The lowest BCUT2D eigenvalue weighted by Gasteiger charge is -2.13. The van der Waals surface area contributed by atoms with E-state index in [4.69, 9.17) is 4.74 Å². The van der Waals surface area contributed by atoms with Crippen molar-refractivity contribution < 1.29 is 14.3 Å². The molecule has 2 aromatic rings. The average molecular weight is 297 g/mol. The molecule has 22 heavy (non-hydrogen) atoms. The Morgan fingerprint density at radius 3 is 2.00 bits per heavy atom. The number of hydrogen-bond donors (Lipinski definition) is 1. The fourth-order valence-corrected chi connectivity index (χ4v) is 2.40. The lowest BCUT2D eigenvalue weighted by molar-refractivity contribution is -0.131. The van der Waals surface area contributed by atoms with E-state index < -0.39 is 0 Å². The first-order valence-corrected chi connectivity index (χ1v) is 7.04. The van der Waals surface area contributed by atoms with Crippen molar-refractivity contribution in [2.75, 3.05) is 5.32 Å². The van der Waals surface area contributed by atoms with Gasteiger partial charge in [-0.2, -0.15) is 0 Å². The van der Waals surface area contributed by atoms with Gasteiger partial charge in [0.15, 0.2) is 0 Å². The normalized spacial score (nSPS) is 10.2. The van der Waals surface area contributed by atoms with Crippen molar-refractivity contribution in [1.82, 2.24) is 0 Å². The Hall–Kier alpha value is -2.62. The number of anilines is 1. The summed E-state index contributed by atoms with van der Waals surface area (Å²) in [7, 11) is 0. The Kier molecular flexibility index (Phi) is 4.61. The molecule has 0 aliphatic rings. The van der Waals surface area contributed by atoms with Crippen LogP contribution in [-0.4, -0.2) is 11.9 Å². The zero-order chi connectivity index (χ0) is 16.3. The van der Waals surface area contributed by atoms with Crippen LogP contribution in [0, 0.1) is 20.8 Å². The summed E-state index contributed by atoms with van der Waals surface area (Å²) in [5.74, 6) is -0.153. The van der Waals surface area contributed by atoms with Gasteiger partial charge in [-0.25, -0.2) is 0 Å². The van der Waals surface area contributed by atoms with Gasteiger partial charge >= 0.3 is 5.97 Å². The Balaban J connectivity index is 2.17. The number of carbonyl (C=O) groups excluding carboxylic acids is 2. The standard InChI is InChI=1S/C18H19NO3/c1-11-9-12(2)17(13(3)10-11)19-18(21)15-5-7-16(8-6-15)22-14(4)20/h5-10H,1-4H3,(H,19,21). The number of amides is 1. The number of esters is 1. The summed E-state index contributed by atoms with van der Waals surface area (Å²) in [6.07, 6.45) is 0. The zero-order valence-electron chi connectivity index (χ0n) is 13.2. The highest BCUT2D eigenvalue weighted by atomic mass is 16.5. The molecular weight excluding hydrogens is 278 g/mol. The van der Waals surface area contributed by atoms with Gasteiger partial charge in [0.2, 0.25) is 0 Å². The van der Waals surface area contributed by atoms with Crippen LogP contribution in [0.5, 0.6) is 5.75 Å². The van der Waals surface area contributed by atoms with Gasteiger partial charge in [-0.15, -0.1) is 0 Å². The molecule has 4 nitrogen and oxygen atoms in total. The zero-order valence-corrected chi connectivity index (χ0v) is 13.2. The quantitative estimate of drug-likeness (QED) is 0.692. The van der Waals surface area contributed by atoms with Crippen molar-refractivity contribution >= 4 is 17.6 Å². The van der Waals surface area contributed by atoms with E-state index in [1.165, 1.54) is 12.5 Å². The van der Waals surface area contributed by atoms with Crippen LogP contribution < -0.4 is 10.1 Å². The first-order valence-electron chi connectivity index (χ1n) is 7.04. The van der Waals surface area contributed by atoms with Crippen LogP contribution in [0.4, 0.5) is 5.69 Å². The van der Waals surface area contributed by atoms with Crippen LogP contribution in [-0.2, 0) is 4.79 Å². The highest BCUT2D eigenvalue weighted by molar-refractivity contribution is 6.05. The minimum atomic E-state index is -0.386. The van der Waals surface area contributed by atoms with Crippen molar-refractivity contribution in [2.24, 2.45) is 0 Å². The highest BCUT2D eigenvalue weighted by Crippen LogP contribution is 2.23. The largest absolute Gasteiger partial charge is 0.427 e. The number of nitrogens with one attached hydrogen (secondary N) is 1. The third-order valence-electron chi connectivity index (χ3n) is 3.29. The second-order valence-electron chi connectivity index (χ2n) is 5.35. The number of carbonyl (C=O) groups is 2. The van der Waals surface area contributed by atoms with Crippen molar-refractivity contribution in [3.63, 3.8) is 0 Å². The molecule has 0 aliphatic carbocycles. The summed E-state index contributed by atoms with van der Waals surface area (Å²) in [4.78, 5) is 23.2. The van der Waals surface area contributed by atoms with E-state index in [9.17, 15) is 9.59 Å². The predicted octanol–water partition coefficient (Wildman–Crippen LogP) is 3.79. The Labute approximate surface area is 130 Å². The van der Waals surface area contributed by atoms with Gasteiger partial charge in [0.1, 0.15) is 5.75 Å². The number of hydrogen-bond acceptors (Lipinski definition) is 3. The molecule has 0 unspecified atom stereocenters. The Morgan fingerprint density at radius 2 is 1.50 bits per heavy atom. The summed E-state index contributed by atoms with van der Waals surface area (Å²) >= 11 is 0. The molecule has 0 aliphatic heterocycles. The van der Waals surface area contributed by atoms with Crippen molar-refractivity contribution in [3.8, 4) is 5.75 Å². The number of ether oxygens (including phenoxy) is 1. The van der Waals surface area contributed by atoms with Gasteiger partial charge in [-0.3, -0.25) is 9.59 Å². The summed E-state index contributed by atoms with van der Waals surface area (Å²) in [6, 6.07) is 10.5. The maximum Gasteiger partial charge on any atom is 0.308 e. The Bertz CT molecular complexity index is 695. The lowest BCUT2D eigenvalue weighted by atomic mass is 10.0. The minimum absolute atomic E-state index is 0.190. The summed E-state index contributed by atoms with van der Waals surface area (Å²) in [5.41, 5.74) is 4.57. The topological polar surface area (TPSA) is 55.4 Å². The maximum absolute atomic E-state index is 12.3. The van der Waals surface area contributed by atoms with Gasteiger partial charge in [-0.1, -0.05) is 17.7 Å². The molecule has 1 amide bonds. The average Bonchev–Trinajstić information content (AvgIpc) is 2.42. The number of aryl methyl sites for hydroxylation is 3. The van der Waals surface area contributed by atoms with Gasteiger partial charge in [0, 0.05) is 18.2 Å². The predicted molar refractivity (Wildman–Crippen MR) is 86.4 cm³/mol. The van der Waals surface area contributed by atoms with Gasteiger partial charge < -0.3 is 10.1 Å². The fraction of sp³-hybridized carbons (Fsp3) is 0.222. The minimum Gasteiger partial charge on any atom is -0.427 e. The smallest absolute Gasteiger partial charge is 0.308 e. The molecule has 0 aromatic heterocycles. The van der Waals surface area contributed by atoms with E-state index in [0.29, 0.717) is 11.3 Å². The first kappa shape index (κ1) is 15.8. The van der Waals surface area contributed by atoms with Gasteiger partial charge in [-0.05, 0) is 56.2 Å². The van der Waals surface area contributed by atoms with E-state index in [1.54, 1.807) is 24.3 Å². The van der Waals surface area contributed by atoms with E-state index in [0.717, 1.165) is 16.8 Å². The van der Waals surface area contributed by atoms with Crippen molar-refractivity contribution in [1.29, 1.82) is 0 Å². The molecule has 114 valence electrons. The van der Waals surface area contributed by atoms with E-state index >= 15 is 0 Å². The first-order chi connectivity index (χ1) is 10.4. The fourth-order valence-electron chi connectivity index (χ4n) is 2.40. The molecule has 0 saturated heterocycles. The molecule has 0 bridgehead atoms. The van der Waals surface area contributed by atoms with Crippen molar-refractivity contribution in [3.05, 3.63) is 58.7 Å². The molecule has 0 saturated carbocycles.